The number of hydrogen-bond donors (Lipinski definition) is 1. The van der Waals surface area contributed by atoms with Gasteiger partial charge in [-0.2, -0.15) is 4.31 Å². The second-order valence-electron chi connectivity index (χ2n) is 5.80. The summed E-state index contributed by atoms with van der Waals surface area (Å²) in [5, 5.41) is 0. The first-order valence-corrected chi connectivity index (χ1v) is 8.97. The van der Waals surface area contributed by atoms with Crippen molar-refractivity contribution in [3.63, 3.8) is 0 Å². The van der Waals surface area contributed by atoms with Gasteiger partial charge in [-0.25, -0.2) is 13.4 Å². The van der Waals surface area contributed by atoms with Gasteiger partial charge in [-0.05, 0) is 25.0 Å². The summed E-state index contributed by atoms with van der Waals surface area (Å²) >= 11 is 0. The minimum atomic E-state index is -3.44. The van der Waals surface area contributed by atoms with Crippen LogP contribution in [0.5, 0.6) is 0 Å². The molecule has 21 heavy (non-hydrogen) atoms. The molecule has 0 radical (unpaired) electrons. The molecule has 3 rings (SSSR count). The van der Waals surface area contributed by atoms with Gasteiger partial charge in [0.25, 0.3) is 0 Å². The third-order valence-corrected chi connectivity index (χ3v) is 6.39. The number of hydrogen-bond acceptors (Lipinski definition) is 5. The van der Waals surface area contributed by atoms with Gasteiger partial charge < -0.3 is 5.73 Å². The molecule has 0 atom stereocenters. The van der Waals surface area contributed by atoms with Crippen molar-refractivity contribution < 1.29 is 8.42 Å². The van der Waals surface area contributed by atoms with Crippen LogP contribution in [0, 0.1) is 0 Å². The van der Waals surface area contributed by atoms with E-state index in [1.165, 1.54) is 44.0 Å². The fourth-order valence-electron chi connectivity index (χ4n) is 3.27. The molecular weight excluding hydrogens is 288 g/mol. The zero-order valence-electron chi connectivity index (χ0n) is 12.1. The van der Waals surface area contributed by atoms with Gasteiger partial charge in [0.1, 0.15) is 10.7 Å². The molecular formula is C14H22N4O2S. The van der Waals surface area contributed by atoms with Gasteiger partial charge in [0, 0.05) is 38.4 Å². The Kier molecular flexibility index (Phi) is 4.14. The van der Waals surface area contributed by atoms with E-state index < -0.39 is 10.0 Å². The molecule has 0 bridgehead atoms. The minimum absolute atomic E-state index is 0.228. The highest BCUT2D eigenvalue weighted by atomic mass is 32.2. The van der Waals surface area contributed by atoms with E-state index in [0.717, 1.165) is 13.1 Å². The second-order valence-corrected chi connectivity index (χ2v) is 7.74. The molecule has 0 unspecified atom stereocenters. The predicted molar refractivity (Wildman–Crippen MR) is 81.2 cm³/mol. The summed E-state index contributed by atoms with van der Waals surface area (Å²) in [6, 6.07) is 3.72. The first-order valence-electron chi connectivity index (χ1n) is 7.53. The summed E-state index contributed by atoms with van der Waals surface area (Å²) in [6.45, 7) is 2.77. The van der Waals surface area contributed by atoms with Gasteiger partial charge in [-0.15, -0.1) is 0 Å². The lowest BCUT2D eigenvalue weighted by molar-refractivity contribution is 0.139. The minimum Gasteiger partial charge on any atom is -0.384 e. The number of sulfonamides is 1. The Morgan fingerprint density at radius 3 is 2.33 bits per heavy atom. The van der Waals surface area contributed by atoms with E-state index in [4.69, 9.17) is 5.73 Å². The van der Waals surface area contributed by atoms with Crippen molar-refractivity contribution in [2.24, 2.45) is 0 Å². The van der Waals surface area contributed by atoms with Crippen molar-refractivity contribution in [2.45, 2.75) is 36.6 Å². The lowest BCUT2D eigenvalue weighted by atomic mass is 10.2. The van der Waals surface area contributed by atoms with Crippen LogP contribution in [0.25, 0.3) is 0 Å². The Bertz CT molecular complexity index is 573. The van der Waals surface area contributed by atoms with Crippen LogP contribution >= 0.6 is 0 Å². The number of nitrogens with two attached hydrogens (primary N) is 1. The van der Waals surface area contributed by atoms with Gasteiger partial charge in [-0.3, -0.25) is 4.90 Å². The lowest BCUT2D eigenvalue weighted by Crippen LogP contribution is -2.51. The summed E-state index contributed by atoms with van der Waals surface area (Å²) in [4.78, 5) is 6.55. The Labute approximate surface area is 126 Å². The van der Waals surface area contributed by atoms with Crippen LogP contribution in [0.3, 0.4) is 0 Å². The van der Waals surface area contributed by atoms with E-state index in [2.05, 4.69) is 9.88 Å². The van der Waals surface area contributed by atoms with Crippen molar-refractivity contribution in [3.05, 3.63) is 18.3 Å². The summed E-state index contributed by atoms with van der Waals surface area (Å²) in [5.74, 6) is 0.333. The van der Waals surface area contributed by atoms with Crippen molar-refractivity contribution in [2.75, 3.05) is 31.9 Å². The first-order chi connectivity index (χ1) is 10.1. The van der Waals surface area contributed by atoms with Crippen LogP contribution in [0.2, 0.25) is 0 Å². The SMILES string of the molecule is Nc1ccc(S(=O)(=O)N2CCN(C3CCCC3)CC2)cn1. The molecule has 1 saturated carbocycles. The molecule has 0 spiro atoms. The Morgan fingerprint density at radius 2 is 1.76 bits per heavy atom. The van der Waals surface area contributed by atoms with Gasteiger partial charge in [0.2, 0.25) is 10.0 Å². The smallest absolute Gasteiger partial charge is 0.244 e. The zero-order valence-corrected chi connectivity index (χ0v) is 12.9. The second kappa shape index (κ2) is 5.90. The maximum Gasteiger partial charge on any atom is 0.244 e. The molecule has 1 aromatic heterocycles. The summed E-state index contributed by atoms with van der Waals surface area (Å²) in [6.07, 6.45) is 6.47. The first kappa shape index (κ1) is 14.7. The average Bonchev–Trinajstić information content (AvgIpc) is 3.02. The summed E-state index contributed by atoms with van der Waals surface area (Å²) in [5.41, 5.74) is 5.51. The van der Waals surface area contributed by atoms with Gasteiger partial charge in [0.15, 0.2) is 0 Å². The molecule has 2 aliphatic rings. The molecule has 1 saturated heterocycles. The quantitative estimate of drug-likeness (QED) is 0.898. The van der Waals surface area contributed by atoms with E-state index in [9.17, 15) is 8.42 Å². The van der Waals surface area contributed by atoms with Crippen molar-refractivity contribution >= 4 is 15.8 Å². The molecule has 2 heterocycles. The van der Waals surface area contributed by atoms with Gasteiger partial charge in [0.05, 0.1) is 0 Å². The van der Waals surface area contributed by atoms with E-state index in [-0.39, 0.29) is 4.90 Å². The molecule has 2 fully saturated rings. The fourth-order valence-corrected chi connectivity index (χ4v) is 4.64. The van der Waals surface area contributed by atoms with Crippen LogP contribution in [0.15, 0.2) is 23.2 Å². The predicted octanol–water partition coefficient (Wildman–Crippen LogP) is 0.913. The number of nitrogen functional groups attached to an aromatic ring is 1. The van der Waals surface area contributed by atoms with Gasteiger partial charge >= 0.3 is 0 Å². The normalized spacial score (nSPS) is 22.7. The molecule has 2 N–H and O–H groups in total. The van der Waals surface area contributed by atoms with Crippen LogP contribution < -0.4 is 5.73 Å². The number of aromatic nitrogens is 1. The number of nitrogens with zero attached hydrogens (tertiary/aromatic N) is 3. The van der Waals surface area contributed by atoms with Gasteiger partial charge in [-0.1, -0.05) is 12.8 Å². The van der Waals surface area contributed by atoms with Crippen LogP contribution in [0.1, 0.15) is 25.7 Å². The number of rotatable bonds is 3. The maximum atomic E-state index is 12.6. The van der Waals surface area contributed by atoms with E-state index in [1.54, 1.807) is 4.31 Å². The number of piperazine rings is 1. The third kappa shape index (κ3) is 3.04. The maximum absolute atomic E-state index is 12.6. The topological polar surface area (TPSA) is 79.5 Å². The molecule has 1 aliphatic carbocycles. The summed E-state index contributed by atoms with van der Waals surface area (Å²) < 4.78 is 26.7. The largest absolute Gasteiger partial charge is 0.384 e. The highest BCUT2D eigenvalue weighted by Crippen LogP contribution is 2.25. The van der Waals surface area contributed by atoms with E-state index in [0.29, 0.717) is 24.9 Å². The Balaban J connectivity index is 1.66. The molecule has 1 aromatic rings. The van der Waals surface area contributed by atoms with E-state index >= 15 is 0 Å². The average molecular weight is 310 g/mol. The number of pyridine rings is 1. The fraction of sp³-hybridized carbons (Fsp3) is 0.643. The molecule has 0 aromatic carbocycles. The molecule has 0 amide bonds. The lowest BCUT2D eigenvalue weighted by Gasteiger charge is -2.37. The molecule has 6 nitrogen and oxygen atoms in total. The van der Waals surface area contributed by atoms with Crippen LogP contribution in [-0.4, -0.2) is 54.8 Å². The summed E-state index contributed by atoms with van der Waals surface area (Å²) in [7, 11) is -3.44. The van der Waals surface area contributed by atoms with Crippen LogP contribution in [0.4, 0.5) is 5.82 Å². The standard InChI is InChI=1S/C14H22N4O2S/c15-14-6-5-13(11-16-14)21(19,20)18-9-7-17(8-10-18)12-3-1-2-4-12/h5-6,11-12H,1-4,7-10H2,(H2,15,16). The molecule has 7 heteroatoms. The van der Waals surface area contributed by atoms with E-state index in [1.807, 2.05) is 0 Å². The zero-order chi connectivity index (χ0) is 14.9. The van der Waals surface area contributed by atoms with Crippen LogP contribution in [-0.2, 0) is 10.0 Å². The Morgan fingerprint density at radius 1 is 1.10 bits per heavy atom. The monoisotopic (exact) mass is 310 g/mol. The Hall–Kier alpha value is -1.18. The molecule has 116 valence electrons. The van der Waals surface area contributed by atoms with Crippen molar-refractivity contribution in [1.29, 1.82) is 0 Å². The molecule has 1 aliphatic heterocycles. The highest BCUT2D eigenvalue weighted by Gasteiger charge is 2.31. The number of anilines is 1. The van der Waals surface area contributed by atoms with Crippen molar-refractivity contribution in [3.8, 4) is 0 Å². The third-order valence-electron chi connectivity index (χ3n) is 4.51. The van der Waals surface area contributed by atoms with Crippen molar-refractivity contribution in [1.82, 2.24) is 14.2 Å². The highest BCUT2D eigenvalue weighted by molar-refractivity contribution is 7.89.